The van der Waals surface area contributed by atoms with Crippen molar-refractivity contribution in [2.24, 2.45) is 20.4 Å². The predicted molar refractivity (Wildman–Crippen MR) is 157 cm³/mol. The molecule has 38 heavy (non-hydrogen) atoms. The van der Waals surface area contributed by atoms with Crippen LogP contribution in [0, 0.1) is 0 Å². The van der Waals surface area contributed by atoms with Crippen molar-refractivity contribution in [3.05, 3.63) is 127 Å². The van der Waals surface area contributed by atoms with Crippen molar-refractivity contribution in [1.29, 1.82) is 0 Å². The molecule has 0 aliphatic carbocycles. The van der Waals surface area contributed by atoms with Crippen LogP contribution in [0.2, 0.25) is 20.1 Å². The smallest absolute Gasteiger partial charge is 0.143 e. The van der Waals surface area contributed by atoms with Crippen LogP contribution in [-0.4, -0.2) is 34.1 Å². The minimum atomic E-state index is -0.169. The molecule has 0 saturated carbocycles. The molecule has 0 spiro atoms. The first kappa shape index (κ1) is 27.4. The number of phenolic OH excluding ortho intramolecular Hbond substituents is 2. The zero-order chi connectivity index (χ0) is 27.1. The molecule has 6 nitrogen and oxygen atoms in total. The standard InChI is InChI=1S/C28H18Cl4N4O2/c29-21-11-19(27(37)23(31)13-21)15-33-35-25(17-7-3-1-4-8-17)26(18-9-5-2-6-10-18)36-34-16-20-12-22(30)14-24(32)28(20)38/h1-16,37-38H/b33-15-,34-16-,35-25+,36-26+. The molecule has 10 heteroatoms. The van der Waals surface area contributed by atoms with E-state index in [4.69, 9.17) is 46.4 Å². The molecule has 0 fully saturated rings. The Hall–Kier alpha value is -3.68. The number of rotatable bonds is 7. The maximum atomic E-state index is 10.3. The molecule has 0 atom stereocenters. The molecule has 4 aromatic rings. The van der Waals surface area contributed by atoms with Crippen LogP contribution in [0.4, 0.5) is 0 Å². The lowest BCUT2D eigenvalue weighted by Crippen LogP contribution is -2.17. The molecule has 0 bridgehead atoms. The summed E-state index contributed by atoms with van der Waals surface area (Å²) in [5.41, 5.74) is 2.80. The first-order chi connectivity index (χ1) is 18.3. The zero-order valence-corrected chi connectivity index (χ0v) is 22.5. The maximum Gasteiger partial charge on any atom is 0.143 e. The van der Waals surface area contributed by atoms with Gasteiger partial charge in [-0.25, -0.2) is 0 Å². The topological polar surface area (TPSA) is 89.9 Å². The van der Waals surface area contributed by atoms with E-state index in [0.717, 1.165) is 0 Å². The summed E-state index contributed by atoms with van der Waals surface area (Å²) in [7, 11) is 0. The van der Waals surface area contributed by atoms with Crippen LogP contribution in [0.5, 0.6) is 11.5 Å². The Balaban J connectivity index is 1.83. The maximum absolute atomic E-state index is 10.3. The summed E-state index contributed by atoms with van der Waals surface area (Å²) in [5, 5.41) is 38.6. The molecule has 0 amide bonds. The fourth-order valence-electron chi connectivity index (χ4n) is 3.34. The second-order valence-electron chi connectivity index (χ2n) is 7.77. The highest BCUT2D eigenvalue weighted by Crippen LogP contribution is 2.31. The zero-order valence-electron chi connectivity index (χ0n) is 19.4. The van der Waals surface area contributed by atoms with Crippen LogP contribution < -0.4 is 0 Å². The number of hydrogen-bond acceptors (Lipinski definition) is 6. The van der Waals surface area contributed by atoms with Crippen molar-refractivity contribution < 1.29 is 10.2 Å². The van der Waals surface area contributed by atoms with Gasteiger partial charge in [0.05, 0.1) is 22.5 Å². The molecule has 0 radical (unpaired) electrons. The van der Waals surface area contributed by atoms with E-state index in [9.17, 15) is 10.2 Å². The summed E-state index contributed by atoms with van der Waals surface area (Å²) in [5.74, 6) is -0.337. The van der Waals surface area contributed by atoms with Gasteiger partial charge in [-0.2, -0.15) is 10.2 Å². The van der Waals surface area contributed by atoms with E-state index in [1.165, 1.54) is 36.7 Å². The van der Waals surface area contributed by atoms with Crippen LogP contribution in [0.1, 0.15) is 22.3 Å². The Morgan fingerprint density at radius 3 is 1.29 bits per heavy atom. The van der Waals surface area contributed by atoms with Gasteiger partial charge in [0.2, 0.25) is 0 Å². The van der Waals surface area contributed by atoms with Crippen LogP contribution in [-0.2, 0) is 0 Å². The van der Waals surface area contributed by atoms with Gasteiger partial charge in [-0.15, -0.1) is 10.2 Å². The third-order valence-corrected chi connectivity index (χ3v) is 6.16. The first-order valence-corrected chi connectivity index (χ1v) is 12.5. The molecule has 0 heterocycles. The Kier molecular flexibility index (Phi) is 9.15. The average molecular weight is 584 g/mol. The van der Waals surface area contributed by atoms with Gasteiger partial charge >= 0.3 is 0 Å². The van der Waals surface area contributed by atoms with Gasteiger partial charge in [0.25, 0.3) is 0 Å². The average Bonchev–Trinajstić information content (AvgIpc) is 2.91. The highest BCUT2D eigenvalue weighted by molar-refractivity contribution is 6.53. The second-order valence-corrected chi connectivity index (χ2v) is 9.46. The molecule has 0 unspecified atom stereocenters. The summed E-state index contributed by atoms with van der Waals surface area (Å²) in [4.78, 5) is 0. The monoisotopic (exact) mass is 582 g/mol. The molecule has 0 aliphatic rings. The largest absolute Gasteiger partial charge is 0.506 e. The molecule has 2 N–H and O–H groups in total. The number of nitrogens with zero attached hydrogens (tertiary/aromatic N) is 4. The van der Waals surface area contributed by atoms with Gasteiger partial charge in [0, 0.05) is 32.3 Å². The minimum absolute atomic E-state index is 0.0939. The third kappa shape index (κ3) is 6.79. The van der Waals surface area contributed by atoms with Crippen LogP contribution in [0.3, 0.4) is 0 Å². The van der Waals surface area contributed by atoms with Gasteiger partial charge in [-0.3, -0.25) is 0 Å². The second kappa shape index (κ2) is 12.7. The fourth-order valence-corrected chi connectivity index (χ4v) is 4.36. The Morgan fingerprint density at radius 1 is 0.553 bits per heavy atom. The van der Waals surface area contributed by atoms with Crippen molar-refractivity contribution in [2.75, 3.05) is 0 Å². The van der Waals surface area contributed by atoms with E-state index >= 15 is 0 Å². The van der Waals surface area contributed by atoms with Gasteiger partial charge in [-0.1, -0.05) is 107 Å². The van der Waals surface area contributed by atoms with Crippen molar-refractivity contribution in [1.82, 2.24) is 0 Å². The number of aromatic hydroxyl groups is 2. The number of benzene rings is 4. The summed E-state index contributed by atoms with van der Waals surface area (Å²) in [6.07, 6.45) is 2.68. The van der Waals surface area contributed by atoms with Crippen molar-refractivity contribution in [3.63, 3.8) is 0 Å². The Labute approximate surface area is 238 Å². The first-order valence-electron chi connectivity index (χ1n) is 11.0. The number of phenols is 2. The number of halogens is 4. The van der Waals surface area contributed by atoms with E-state index in [0.29, 0.717) is 43.7 Å². The molecular weight excluding hydrogens is 566 g/mol. The highest BCUT2D eigenvalue weighted by Gasteiger charge is 2.15. The van der Waals surface area contributed by atoms with Crippen LogP contribution in [0.15, 0.2) is 105 Å². The number of hydrogen-bond donors (Lipinski definition) is 2. The molecule has 4 rings (SSSR count). The van der Waals surface area contributed by atoms with Crippen molar-refractivity contribution in [2.45, 2.75) is 0 Å². The summed E-state index contributed by atoms with van der Waals surface area (Å²) in [6.45, 7) is 0. The lowest BCUT2D eigenvalue weighted by molar-refractivity contribution is 0.474. The summed E-state index contributed by atoms with van der Waals surface area (Å²) in [6, 6.07) is 24.5. The molecular formula is C28H18Cl4N4O2. The fraction of sp³-hybridized carbons (Fsp3) is 0. The van der Waals surface area contributed by atoms with Gasteiger partial charge in [-0.05, 0) is 24.3 Å². The highest BCUT2D eigenvalue weighted by atomic mass is 35.5. The van der Waals surface area contributed by atoms with E-state index < -0.39 is 0 Å². The summed E-state index contributed by atoms with van der Waals surface area (Å²) >= 11 is 24.2. The molecule has 0 saturated heterocycles. The Morgan fingerprint density at radius 2 is 0.921 bits per heavy atom. The van der Waals surface area contributed by atoms with Crippen molar-refractivity contribution in [3.8, 4) is 11.5 Å². The van der Waals surface area contributed by atoms with E-state index in [2.05, 4.69) is 20.4 Å². The van der Waals surface area contributed by atoms with Crippen molar-refractivity contribution >= 4 is 70.3 Å². The predicted octanol–water partition coefficient (Wildman–Crippen LogP) is 8.06. The van der Waals surface area contributed by atoms with E-state index in [1.807, 2.05) is 60.7 Å². The molecule has 0 aliphatic heterocycles. The quantitative estimate of drug-likeness (QED) is 0.170. The van der Waals surface area contributed by atoms with Crippen LogP contribution >= 0.6 is 46.4 Å². The normalized spacial score (nSPS) is 12.5. The lowest BCUT2D eigenvalue weighted by atomic mass is 10.00. The lowest BCUT2D eigenvalue weighted by Gasteiger charge is -2.09. The molecule has 190 valence electrons. The molecule has 0 aromatic heterocycles. The third-order valence-electron chi connectivity index (χ3n) is 5.14. The Bertz CT molecular complexity index is 1450. The summed E-state index contributed by atoms with van der Waals surface area (Å²) < 4.78 is 0. The van der Waals surface area contributed by atoms with E-state index in [1.54, 1.807) is 0 Å². The van der Waals surface area contributed by atoms with Gasteiger partial charge in [0.15, 0.2) is 0 Å². The van der Waals surface area contributed by atoms with E-state index in [-0.39, 0.29) is 21.5 Å². The minimum Gasteiger partial charge on any atom is -0.506 e. The SMILES string of the molecule is Oc1c(Cl)cc(Cl)cc1\C=N/N=C(/C(=N/N=C\c1cc(Cl)cc(Cl)c1O)c1ccccc1)c1ccccc1. The van der Waals surface area contributed by atoms with Gasteiger partial charge < -0.3 is 10.2 Å². The van der Waals surface area contributed by atoms with Gasteiger partial charge in [0.1, 0.15) is 22.9 Å². The molecule has 4 aromatic carbocycles. The van der Waals surface area contributed by atoms with Crippen LogP contribution in [0.25, 0.3) is 0 Å².